The van der Waals surface area contributed by atoms with E-state index in [-0.39, 0.29) is 18.6 Å². The Morgan fingerprint density at radius 3 is 2.59 bits per heavy atom. The minimum atomic E-state index is -0.158. The van der Waals surface area contributed by atoms with Crippen LogP contribution < -0.4 is 4.74 Å². The molecule has 0 saturated heterocycles. The molecular formula is C19H18Cl2N4O2. The van der Waals surface area contributed by atoms with Gasteiger partial charge < -0.3 is 9.64 Å². The molecule has 1 heterocycles. The van der Waals surface area contributed by atoms with Crippen LogP contribution in [0.2, 0.25) is 10.0 Å². The SMILES string of the molecule is C[C@@H](c1ccc(-n2cncn2)cc1)N(C)C(=O)COc1ccc(Cl)cc1Cl. The third-order valence-electron chi connectivity index (χ3n) is 4.28. The number of hydrogen-bond acceptors (Lipinski definition) is 4. The van der Waals surface area contributed by atoms with Crippen LogP contribution in [-0.2, 0) is 4.79 Å². The van der Waals surface area contributed by atoms with Crippen LogP contribution >= 0.6 is 23.2 Å². The van der Waals surface area contributed by atoms with Crippen molar-refractivity contribution in [2.45, 2.75) is 13.0 Å². The molecule has 0 saturated carbocycles. The van der Waals surface area contributed by atoms with Crippen LogP contribution in [-0.4, -0.2) is 39.2 Å². The summed E-state index contributed by atoms with van der Waals surface area (Å²) in [5.41, 5.74) is 1.90. The molecule has 0 aliphatic heterocycles. The van der Waals surface area contributed by atoms with E-state index in [1.54, 1.807) is 41.2 Å². The molecule has 2 aromatic carbocycles. The summed E-state index contributed by atoms with van der Waals surface area (Å²) in [6, 6.07) is 12.6. The highest BCUT2D eigenvalue weighted by Gasteiger charge is 2.18. The molecule has 0 unspecified atom stereocenters. The maximum Gasteiger partial charge on any atom is 0.260 e. The van der Waals surface area contributed by atoms with Crippen molar-refractivity contribution in [2.75, 3.05) is 13.7 Å². The molecule has 0 fully saturated rings. The molecule has 27 heavy (non-hydrogen) atoms. The first-order valence-electron chi connectivity index (χ1n) is 8.24. The Kier molecular flexibility index (Phi) is 5.98. The highest BCUT2D eigenvalue weighted by atomic mass is 35.5. The molecule has 0 bridgehead atoms. The van der Waals surface area contributed by atoms with E-state index in [0.29, 0.717) is 15.8 Å². The van der Waals surface area contributed by atoms with Crippen LogP contribution in [0.3, 0.4) is 0 Å². The van der Waals surface area contributed by atoms with Crippen molar-refractivity contribution in [3.63, 3.8) is 0 Å². The average Bonchev–Trinajstić information content (AvgIpc) is 3.21. The predicted molar refractivity (Wildman–Crippen MR) is 105 cm³/mol. The number of likely N-dealkylation sites (N-methyl/N-ethyl adjacent to an activating group) is 1. The van der Waals surface area contributed by atoms with E-state index in [1.165, 1.54) is 6.33 Å². The first kappa shape index (κ1) is 19.2. The van der Waals surface area contributed by atoms with Gasteiger partial charge >= 0.3 is 0 Å². The lowest BCUT2D eigenvalue weighted by Gasteiger charge is -2.25. The molecule has 140 valence electrons. The fourth-order valence-electron chi connectivity index (χ4n) is 2.52. The first-order chi connectivity index (χ1) is 13.0. The Labute approximate surface area is 167 Å². The molecule has 3 aromatic rings. The number of rotatable bonds is 6. The van der Waals surface area contributed by atoms with Gasteiger partial charge in [-0.05, 0) is 42.8 Å². The van der Waals surface area contributed by atoms with Gasteiger partial charge in [0, 0.05) is 12.1 Å². The lowest BCUT2D eigenvalue weighted by atomic mass is 10.1. The monoisotopic (exact) mass is 404 g/mol. The van der Waals surface area contributed by atoms with Gasteiger partial charge in [0.25, 0.3) is 5.91 Å². The number of carbonyl (C=O) groups is 1. The van der Waals surface area contributed by atoms with E-state index in [0.717, 1.165) is 11.3 Å². The van der Waals surface area contributed by atoms with E-state index in [1.807, 2.05) is 31.2 Å². The second-order valence-corrected chi connectivity index (χ2v) is 6.82. The van der Waals surface area contributed by atoms with Gasteiger partial charge in [0.2, 0.25) is 0 Å². The number of hydrogen-bond donors (Lipinski definition) is 0. The number of nitrogens with zero attached hydrogens (tertiary/aromatic N) is 4. The van der Waals surface area contributed by atoms with Gasteiger partial charge in [0.05, 0.1) is 16.8 Å². The third kappa shape index (κ3) is 4.59. The van der Waals surface area contributed by atoms with E-state index in [9.17, 15) is 4.79 Å². The second kappa shape index (κ2) is 8.41. The molecular weight excluding hydrogens is 387 g/mol. The quantitative estimate of drug-likeness (QED) is 0.618. The Morgan fingerprint density at radius 2 is 1.96 bits per heavy atom. The largest absolute Gasteiger partial charge is 0.482 e. The van der Waals surface area contributed by atoms with Gasteiger partial charge in [-0.1, -0.05) is 35.3 Å². The molecule has 0 aliphatic rings. The van der Waals surface area contributed by atoms with Crippen LogP contribution in [0.4, 0.5) is 0 Å². The molecule has 0 aliphatic carbocycles. The van der Waals surface area contributed by atoms with Crippen LogP contribution in [0.25, 0.3) is 5.69 Å². The molecule has 0 spiro atoms. The lowest BCUT2D eigenvalue weighted by molar-refractivity contribution is -0.134. The summed E-state index contributed by atoms with van der Waals surface area (Å²) in [6.45, 7) is 1.84. The van der Waals surface area contributed by atoms with Crippen molar-refractivity contribution >= 4 is 29.1 Å². The fourth-order valence-corrected chi connectivity index (χ4v) is 2.98. The lowest BCUT2D eigenvalue weighted by Crippen LogP contribution is -2.33. The van der Waals surface area contributed by atoms with Crippen molar-refractivity contribution in [1.29, 1.82) is 0 Å². The Balaban J connectivity index is 1.62. The Bertz CT molecular complexity index is 914. The minimum absolute atomic E-state index is 0.112. The van der Waals surface area contributed by atoms with Gasteiger partial charge in [0.15, 0.2) is 6.61 Å². The summed E-state index contributed by atoms with van der Waals surface area (Å²) in [5.74, 6) is 0.265. The van der Waals surface area contributed by atoms with Crippen molar-refractivity contribution in [2.24, 2.45) is 0 Å². The van der Waals surface area contributed by atoms with E-state index in [2.05, 4.69) is 10.1 Å². The predicted octanol–water partition coefficient (Wildman–Crippen LogP) is 4.17. The molecule has 6 nitrogen and oxygen atoms in total. The summed E-state index contributed by atoms with van der Waals surface area (Å²) in [5, 5.41) is 4.98. The zero-order chi connectivity index (χ0) is 19.4. The summed E-state index contributed by atoms with van der Waals surface area (Å²) < 4.78 is 7.20. The summed E-state index contributed by atoms with van der Waals surface area (Å²) in [6.07, 6.45) is 3.11. The smallest absolute Gasteiger partial charge is 0.260 e. The van der Waals surface area contributed by atoms with Crippen molar-refractivity contribution in [1.82, 2.24) is 19.7 Å². The number of carbonyl (C=O) groups excluding carboxylic acids is 1. The number of benzene rings is 2. The van der Waals surface area contributed by atoms with Crippen molar-refractivity contribution in [3.8, 4) is 11.4 Å². The van der Waals surface area contributed by atoms with Crippen LogP contribution in [0.1, 0.15) is 18.5 Å². The third-order valence-corrected chi connectivity index (χ3v) is 4.81. The highest BCUT2D eigenvalue weighted by molar-refractivity contribution is 6.35. The molecule has 0 N–H and O–H groups in total. The van der Waals surface area contributed by atoms with Gasteiger partial charge in [-0.2, -0.15) is 5.10 Å². The number of aromatic nitrogens is 3. The molecule has 1 aromatic heterocycles. The number of halogens is 2. The second-order valence-electron chi connectivity index (χ2n) is 5.98. The van der Waals surface area contributed by atoms with Gasteiger partial charge in [0.1, 0.15) is 18.4 Å². The van der Waals surface area contributed by atoms with Crippen LogP contribution in [0.15, 0.2) is 55.1 Å². The normalized spacial score (nSPS) is 11.9. The zero-order valence-corrected chi connectivity index (χ0v) is 16.4. The molecule has 1 amide bonds. The van der Waals surface area contributed by atoms with Gasteiger partial charge in [-0.15, -0.1) is 0 Å². The topological polar surface area (TPSA) is 60.2 Å². The molecule has 0 radical (unpaired) electrons. The van der Waals surface area contributed by atoms with E-state index in [4.69, 9.17) is 27.9 Å². The summed E-state index contributed by atoms with van der Waals surface area (Å²) in [4.78, 5) is 18.0. The number of ether oxygens (including phenoxy) is 1. The Morgan fingerprint density at radius 1 is 1.22 bits per heavy atom. The van der Waals surface area contributed by atoms with Crippen LogP contribution in [0, 0.1) is 0 Å². The average molecular weight is 405 g/mol. The summed E-state index contributed by atoms with van der Waals surface area (Å²) in [7, 11) is 1.74. The number of amides is 1. The highest BCUT2D eigenvalue weighted by Crippen LogP contribution is 2.28. The molecule has 3 rings (SSSR count). The van der Waals surface area contributed by atoms with Crippen LogP contribution in [0.5, 0.6) is 5.75 Å². The maximum absolute atomic E-state index is 12.5. The first-order valence-corrected chi connectivity index (χ1v) is 9.00. The summed E-state index contributed by atoms with van der Waals surface area (Å²) >= 11 is 11.9. The fraction of sp³-hybridized carbons (Fsp3) is 0.211. The molecule has 1 atom stereocenters. The standard InChI is InChI=1S/C19H18Cl2N4O2/c1-13(14-3-6-16(7-4-14)25-12-22-11-23-25)24(2)19(26)10-27-18-8-5-15(20)9-17(18)21/h3-9,11-13H,10H2,1-2H3/t13-/m0/s1. The van der Waals surface area contributed by atoms with E-state index >= 15 is 0 Å². The maximum atomic E-state index is 12.5. The van der Waals surface area contributed by atoms with Crippen molar-refractivity contribution < 1.29 is 9.53 Å². The Hall–Kier alpha value is -2.57. The minimum Gasteiger partial charge on any atom is -0.482 e. The molecule has 8 heteroatoms. The van der Waals surface area contributed by atoms with Crippen molar-refractivity contribution in [3.05, 3.63) is 70.7 Å². The van der Waals surface area contributed by atoms with Gasteiger partial charge in [-0.25, -0.2) is 9.67 Å². The zero-order valence-electron chi connectivity index (χ0n) is 14.8. The van der Waals surface area contributed by atoms with E-state index < -0.39 is 0 Å². The van der Waals surface area contributed by atoms with Gasteiger partial charge in [-0.3, -0.25) is 4.79 Å².